The number of rotatable bonds is 3. The van der Waals surface area contributed by atoms with Gasteiger partial charge in [-0.05, 0) is 28.0 Å². The van der Waals surface area contributed by atoms with Crippen LogP contribution in [-0.2, 0) is 38.2 Å². The minimum absolute atomic E-state index is 0. The zero-order valence-corrected chi connectivity index (χ0v) is 23.4. The third-order valence-electron chi connectivity index (χ3n) is 4.29. The number of phenols is 2. The number of hydrogen-bond acceptors (Lipinski definition) is 4. The molecule has 0 radical (unpaired) electrons. The standard InChI is InChI=1S/C22H29NO2.C2H5O.2ClH.Zr/c1-21(2,3)17-11-7-9-15(19(17)24)13-23-14-16-10-8-12-18(20(16)25)22(4,5)6;1-2-3;;;/h7-13,24-25H,14H2,1-6H3;2H2,1H3;2*1H;/q;-1;;;+2/p-2. The van der Waals surface area contributed by atoms with Gasteiger partial charge in [-0.3, -0.25) is 4.99 Å². The average molecular weight is 547 g/mol. The summed E-state index contributed by atoms with van der Waals surface area (Å²) in [5.74, 6) is 0.575. The van der Waals surface area contributed by atoms with Crippen molar-refractivity contribution in [1.82, 2.24) is 0 Å². The van der Waals surface area contributed by atoms with Gasteiger partial charge in [0, 0.05) is 17.3 Å². The number of aliphatic imine (C=N–C) groups is 1. The molecule has 0 fully saturated rings. The van der Waals surface area contributed by atoms with E-state index in [4.69, 9.17) is 22.1 Å². The van der Waals surface area contributed by atoms with Gasteiger partial charge in [0.05, 0.1) is 6.54 Å². The van der Waals surface area contributed by atoms with Gasteiger partial charge in [0.1, 0.15) is 11.5 Å². The van der Waals surface area contributed by atoms with E-state index in [-0.39, 0.29) is 23.2 Å². The minimum atomic E-state index is -0.826. The summed E-state index contributed by atoms with van der Waals surface area (Å²) in [6, 6.07) is 11.5. The quantitative estimate of drug-likeness (QED) is 0.460. The van der Waals surface area contributed by atoms with Crippen molar-refractivity contribution in [3.05, 3.63) is 58.7 Å². The number of nitrogens with zero attached hydrogens (tertiary/aromatic N) is 1. The fraction of sp³-hybridized carbons (Fsp3) is 0.458. The van der Waals surface area contributed by atoms with Gasteiger partial charge in [0.2, 0.25) is 0 Å². The molecule has 0 amide bonds. The Labute approximate surface area is 206 Å². The van der Waals surface area contributed by atoms with Gasteiger partial charge < -0.3 is 15.3 Å². The van der Waals surface area contributed by atoms with Gasteiger partial charge in [-0.15, -0.1) is 6.61 Å². The summed E-state index contributed by atoms with van der Waals surface area (Å²) in [5, 5.41) is 29.9. The van der Waals surface area contributed by atoms with Crippen LogP contribution in [0.25, 0.3) is 0 Å². The van der Waals surface area contributed by atoms with Crippen LogP contribution in [0.15, 0.2) is 41.4 Å². The zero-order chi connectivity index (χ0) is 24.2. The normalized spacial score (nSPS) is 11.3. The Balaban J connectivity index is 0.00000134. The number of para-hydroxylation sites is 2. The van der Waals surface area contributed by atoms with E-state index in [2.05, 4.69) is 46.5 Å². The van der Waals surface area contributed by atoms with Crippen molar-refractivity contribution in [1.29, 1.82) is 0 Å². The molecule has 0 spiro atoms. The molecule has 0 saturated carbocycles. The van der Waals surface area contributed by atoms with E-state index >= 15 is 0 Å². The number of phenolic OH excluding ortho intramolecular Hbond substituents is 2. The van der Waals surface area contributed by atoms with Gasteiger partial charge in [0.15, 0.2) is 0 Å². The molecular formula is C24H34Cl2NO3Zr-. The number of hydrogen-bond donors (Lipinski definition) is 2. The molecule has 2 aromatic carbocycles. The Kier molecular flexibility index (Phi) is 13.9. The summed E-state index contributed by atoms with van der Waals surface area (Å²) in [5.41, 5.74) is 3.04. The second-order valence-corrected chi connectivity index (χ2v) is 12.6. The first-order chi connectivity index (χ1) is 14.3. The Morgan fingerprint density at radius 1 is 0.903 bits per heavy atom. The van der Waals surface area contributed by atoms with Gasteiger partial charge in [-0.2, -0.15) is 0 Å². The summed E-state index contributed by atoms with van der Waals surface area (Å²) in [6.45, 7) is 14.4. The zero-order valence-electron chi connectivity index (χ0n) is 19.5. The summed E-state index contributed by atoms with van der Waals surface area (Å²) < 4.78 is 0. The van der Waals surface area contributed by atoms with Crippen LogP contribution in [0.2, 0.25) is 0 Å². The van der Waals surface area contributed by atoms with E-state index in [1.807, 2.05) is 36.4 Å². The molecule has 0 bridgehead atoms. The first kappa shape index (κ1) is 30.1. The van der Waals surface area contributed by atoms with Crippen molar-refractivity contribution in [2.24, 2.45) is 4.99 Å². The molecule has 2 aromatic rings. The topological polar surface area (TPSA) is 75.9 Å². The summed E-state index contributed by atoms with van der Waals surface area (Å²) in [4.78, 5) is 4.43. The van der Waals surface area contributed by atoms with Crippen LogP contribution in [0.5, 0.6) is 11.5 Å². The van der Waals surface area contributed by atoms with Crippen molar-refractivity contribution in [3.8, 4) is 11.5 Å². The Hall–Kier alpha value is -0.867. The Morgan fingerprint density at radius 3 is 1.77 bits per heavy atom. The molecule has 172 valence electrons. The molecule has 4 nitrogen and oxygen atoms in total. The van der Waals surface area contributed by atoms with Crippen LogP contribution in [0, 0.1) is 0 Å². The van der Waals surface area contributed by atoms with Crippen molar-refractivity contribution in [2.75, 3.05) is 6.61 Å². The van der Waals surface area contributed by atoms with E-state index in [9.17, 15) is 10.2 Å². The van der Waals surface area contributed by atoms with Crippen LogP contribution >= 0.6 is 17.0 Å². The Bertz CT molecular complexity index is 827. The van der Waals surface area contributed by atoms with Crippen LogP contribution in [0.1, 0.15) is 70.7 Å². The summed E-state index contributed by atoms with van der Waals surface area (Å²) in [6.07, 6.45) is 1.67. The maximum absolute atomic E-state index is 10.5. The van der Waals surface area contributed by atoms with Crippen molar-refractivity contribution >= 4 is 23.2 Å². The first-order valence-electron chi connectivity index (χ1n) is 10.0. The molecular weight excluding hydrogens is 512 g/mol. The van der Waals surface area contributed by atoms with E-state index in [0.29, 0.717) is 17.9 Å². The van der Waals surface area contributed by atoms with Crippen molar-refractivity contribution < 1.29 is 36.2 Å². The van der Waals surface area contributed by atoms with Crippen LogP contribution in [-0.4, -0.2) is 23.0 Å². The molecule has 31 heavy (non-hydrogen) atoms. The van der Waals surface area contributed by atoms with Crippen LogP contribution in [0.3, 0.4) is 0 Å². The molecule has 0 unspecified atom stereocenters. The van der Waals surface area contributed by atoms with Crippen LogP contribution < -0.4 is 5.11 Å². The molecule has 0 heterocycles. The molecule has 2 rings (SSSR count). The third-order valence-corrected chi connectivity index (χ3v) is 4.29. The molecule has 2 N–H and O–H groups in total. The van der Waals surface area contributed by atoms with E-state index in [1.54, 1.807) is 13.1 Å². The van der Waals surface area contributed by atoms with E-state index < -0.39 is 20.8 Å². The average Bonchev–Trinajstić information content (AvgIpc) is 2.64. The Morgan fingerprint density at radius 2 is 1.32 bits per heavy atom. The number of benzene rings is 2. The number of aromatic hydroxyl groups is 2. The predicted molar refractivity (Wildman–Crippen MR) is 127 cm³/mol. The third kappa shape index (κ3) is 10.5. The summed E-state index contributed by atoms with van der Waals surface area (Å²) >= 11 is -0.826. The predicted octanol–water partition coefficient (Wildman–Crippen LogP) is 6.06. The van der Waals surface area contributed by atoms with Gasteiger partial charge in [0.25, 0.3) is 0 Å². The second-order valence-electron chi connectivity index (χ2n) is 8.89. The molecule has 7 heteroatoms. The fourth-order valence-electron chi connectivity index (χ4n) is 2.84. The molecule has 0 saturated heterocycles. The number of halogens is 2. The first-order valence-corrected chi connectivity index (χ1v) is 16.4. The van der Waals surface area contributed by atoms with E-state index in [0.717, 1.165) is 16.7 Å². The maximum atomic E-state index is 10.5. The van der Waals surface area contributed by atoms with Crippen molar-refractivity contribution in [3.63, 3.8) is 0 Å². The second kappa shape index (κ2) is 14.3. The monoisotopic (exact) mass is 544 g/mol. The van der Waals surface area contributed by atoms with Gasteiger partial charge in [-0.25, -0.2) is 0 Å². The van der Waals surface area contributed by atoms with Gasteiger partial charge >= 0.3 is 37.9 Å². The molecule has 0 aliphatic heterocycles. The summed E-state index contributed by atoms with van der Waals surface area (Å²) in [7, 11) is 9.87. The molecule has 0 aliphatic rings. The molecule has 0 atom stereocenters. The molecule has 0 aromatic heterocycles. The fourth-order valence-corrected chi connectivity index (χ4v) is 2.84. The molecule has 0 aliphatic carbocycles. The van der Waals surface area contributed by atoms with E-state index in [1.165, 1.54) is 0 Å². The van der Waals surface area contributed by atoms with Crippen molar-refractivity contribution in [2.45, 2.75) is 65.8 Å². The van der Waals surface area contributed by atoms with Gasteiger partial charge in [-0.1, -0.05) is 78.8 Å². The SMILES string of the molecule is CC(C)(C)c1cccc(C=NCc2cccc(C(C)(C)C)c2O)c1O.CC[O-].[Cl][Zr][Cl]. The van der Waals surface area contributed by atoms with Crippen LogP contribution in [0.4, 0.5) is 0 Å².